The smallest absolute Gasteiger partial charge is 0.383 e. The maximum Gasteiger partial charge on any atom is 0.475 e. The van der Waals surface area contributed by atoms with E-state index in [9.17, 15) is 14.5 Å². The topological polar surface area (TPSA) is 107 Å². The molecule has 1 amide bonds. The summed E-state index contributed by atoms with van der Waals surface area (Å²) >= 11 is 0. The molecule has 192 valence electrons. The van der Waals surface area contributed by atoms with Crippen LogP contribution < -0.4 is 5.32 Å². The molecule has 2 N–H and O–H groups in total. The van der Waals surface area contributed by atoms with Crippen molar-refractivity contribution in [2.75, 3.05) is 13.2 Å². The molecule has 2 saturated heterocycles. The van der Waals surface area contributed by atoms with Crippen LogP contribution in [-0.4, -0.2) is 57.9 Å². The number of aliphatic hydroxyl groups is 1. The number of benzene rings is 1. The Bertz CT molecular complexity index is 1060. The number of phosphoric ester groups is 1. The minimum Gasteiger partial charge on any atom is -0.383 e. The predicted molar refractivity (Wildman–Crippen MR) is 135 cm³/mol. The van der Waals surface area contributed by atoms with E-state index in [-0.39, 0.29) is 29.7 Å². The first-order valence-electron chi connectivity index (χ1n) is 11.2. The highest BCUT2D eigenvalue weighted by Crippen LogP contribution is 2.58. The number of ether oxygens (including phenoxy) is 1. The average Bonchev–Trinajstić information content (AvgIpc) is 3.02. The number of nitrogens with zero attached hydrogens (tertiary/aromatic N) is 1. The molecule has 3 heterocycles. The molecule has 1 unspecified atom stereocenters. The molecule has 3 aliphatic heterocycles. The molecule has 9 nitrogen and oxygen atoms in total. The molecule has 3 aliphatic rings. The number of amides is 1. The summed E-state index contributed by atoms with van der Waals surface area (Å²) < 4.78 is 36.1. The average molecular weight is 543 g/mol. The van der Waals surface area contributed by atoms with Gasteiger partial charge in [-0.15, -0.1) is 0 Å². The van der Waals surface area contributed by atoms with Gasteiger partial charge in [0.2, 0.25) is 0 Å². The molecule has 2 fully saturated rings. The van der Waals surface area contributed by atoms with E-state index in [1.807, 2.05) is 18.2 Å². The van der Waals surface area contributed by atoms with Crippen LogP contribution in [0.4, 0.5) is 0 Å². The van der Waals surface area contributed by atoms with Crippen molar-refractivity contribution in [2.24, 2.45) is 0 Å². The lowest BCUT2D eigenvalue weighted by atomic mass is 9.96. The molecule has 0 aliphatic carbocycles. The van der Waals surface area contributed by atoms with Gasteiger partial charge in [0.1, 0.15) is 23.6 Å². The fraction of sp³-hybridized carbons (Fsp3) is 0.522. The van der Waals surface area contributed by atoms with E-state index >= 15 is 0 Å². The van der Waals surface area contributed by atoms with Gasteiger partial charge in [-0.3, -0.25) is 18.4 Å². The maximum atomic E-state index is 13.2. The Morgan fingerprint density at radius 3 is 2.83 bits per heavy atom. The molecule has 0 radical (unpaired) electrons. The van der Waals surface area contributed by atoms with Crippen LogP contribution in [0.5, 0.6) is 0 Å². The summed E-state index contributed by atoms with van der Waals surface area (Å²) in [7, 11) is -0.452. The van der Waals surface area contributed by atoms with Crippen molar-refractivity contribution < 1.29 is 32.8 Å². The lowest BCUT2D eigenvalue weighted by Gasteiger charge is -2.38. The fourth-order valence-corrected chi connectivity index (χ4v) is 7.60. The molecule has 1 aromatic rings. The van der Waals surface area contributed by atoms with Gasteiger partial charge in [0.05, 0.1) is 13.2 Å². The van der Waals surface area contributed by atoms with Crippen molar-refractivity contribution in [3.8, 4) is 0 Å². The van der Waals surface area contributed by atoms with E-state index in [1.54, 1.807) is 21.6 Å². The molecule has 5 atom stereocenters. The molecule has 35 heavy (non-hydrogen) atoms. The second kappa shape index (κ2) is 10.2. The number of hydrogen-bond acceptors (Lipinski definition) is 10. The van der Waals surface area contributed by atoms with Crippen LogP contribution in [0.1, 0.15) is 33.3 Å². The quantitative estimate of drug-likeness (QED) is 0.385. The van der Waals surface area contributed by atoms with Gasteiger partial charge in [0.25, 0.3) is 5.91 Å². The Morgan fingerprint density at radius 1 is 1.37 bits per heavy atom. The largest absolute Gasteiger partial charge is 0.475 e. The Morgan fingerprint density at radius 2 is 2.11 bits per heavy atom. The summed E-state index contributed by atoms with van der Waals surface area (Å²) in [5.41, 5.74) is -0.514. The molecule has 1 aromatic carbocycles. The van der Waals surface area contributed by atoms with Crippen molar-refractivity contribution in [3.05, 3.63) is 54.5 Å². The molecular weight excluding hydrogens is 511 g/mol. The number of carbonyl (C=O) groups is 1. The Hall–Kier alpha value is -1.30. The van der Waals surface area contributed by atoms with Crippen molar-refractivity contribution in [1.82, 2.24) is 10.2 Å². The highest BCUT2D eigenvalue weighted by molar-refractivity contribution is 8.77. The minimum atomic E-state index is -3.93. The van der Waals surface area contributed by atoms with Gasteiger partial charge in [-0.25, -0.2) is 4.57 Å². The predicted octanol–water partition coefficient (Wildman–Crippen LogP) is 4.20. The summed E-state index contributed by atoms with van der Waals surface area (Å²) in [6.07, 6.45) is 0.732. The molecule has 12 heteroatoms. The summed E-state index contributed by atoms with van der Waals surface area (Å²) in [5.74, 6) is -0.0707. The molecule has 0 spiro atoms. The van der Waals surface area contributed by atoms with Crippen molar-refractivity contribution in [1.29, 1.82) is 0 Å². The van der Waals surface area contributed by atoms with E-state index in [0.29, 0.717) is 6.42 Å². The summed E-state index contributed by atoms with van der Waals surface area (Å²) in [6, 6.07) is 8.01. The van der Waals surface area contributed by atoms with Crippen molar-refractivity contribution in [2.45, 2.75) is 67.8 Å². The highest BCUT2D eigenvalue weighted by Gasteiger charge is 2.61. The Labute approximate surface area is 213 Å². The van der Waals surface area contributed by atoms with E-state index in [0.717, 1.165) is 10.5 Å². The first-order valence-corrected chi connectivity index (χ1v) is 14.8. The lowest BCUT2D eigenvalue weighted by Crippen LogP contribution is -2.54. The maximum absolute atomic E-state index is 13.2. The first-order chi connectivity index (χ1) is 16.4. The normalized spacial score (nSPS) is 33.1. The van der Waals surface area contributed by atoms with E-state index in [2.05, 4.69) is 38.7 Å². The summed E-state index contributed by atoms with van der Waals surface area (Å²) in [4.78, 5) is 14.2. The second-order valence-electron chi connectivity index (χ2n) is 9.65. The van der Waals surface area contributed by atoms with Crippen LogP contribution in [0, 0.1) is 0 Å². The van der Waals surface area contributed by atoms with Gasteiger partial charge in [-0.1, -0.05) is 67.1 Å². The number of nitrogens with one attached hydrogen (secondary N) is 1. The summed E-state index contributed by atoms with van der Waals surface area (Å²) in [5, 5.41) is 13.8. The van der Waals surface area contributed by atoms with E-state index < -0.39 is 31.9 Å². The molecule has 4 rings (SSSR count). The fourth-order valence-electron chi connectivity index (χ4n) is 3.88. The number of rotatable bonds is 7. The minimum absolute atomic E-state index is 0.0698. The monoisotopic (exact) mass is 542 g/mol. The second-order valence-corrected chi connectivity index (χ2v) is 14.3. The zero-order chi connectivity index (χ0) is 25.4. The molecule has 0 bridgehead atoms. The van der Waals surface area contributed by atoms with Crippen LogP contribution in [0.3, 0.4) is 0 Å². The van der Waals surface area contributed by atoms with Crippen LogP contribution in [0.2, 0.25) is 0 Å². The van der Waals surface area contributed by atoms with E-state index in [4.69, 9.17) is 18.3 Å². The lowest BCUT2D eigenvalue weighted by molar-refractivity contribution is -0.122. The van der Waals surface area contributed by atoms with Crippen LogP contribution in [0.25, 0.3) is 0 Å². The van der Waals surface area contributed by atoms with Gasteiger partial charge in [-0.05, 0) is 25.0 Å². The van der Waals surface area contributed by atoms with Crippen LogP contribution >= 0.6 is 29.4 Å². The molecule has 0 saturated carbocycles. The van der Waals surface area contributed by atoms with Gasteiger partial charge in [0.15, 0.2) is 6.23 Å². The third-order valence-electron chi connectivity index (χ3n) is 5.55. The molecule has 0 aromatic heterocycles. The Balaban J connectivity index is 1.38. The third kappa shape index (κ3) is 6.17. The zero-order valence-corrected chi connectivity index (χ0v) is 22.7. The number of hydrogen-bond donors (Lipinski definition) is 2. The van der Waals surface area contributed by atoms with Crippen molar-refractivity contribution >= 4 is 35.3 Å². The number of phosphoric acid groups is 1. The standard InChI is InChI=1S/C23H31N2O7PS2/c1-15-24-19(26)10-12-25(15)21-23(5,27)20-17(31-21)14-30-33(28,32-20)29-13-11-16-8-6-7-9-18(16)34-35-22(2,3)4/h6-10,12,17,20-21,27H,1,11,13-14H2,2-5H3,(H,24,26)/t17-,20-,21-,23-,33?/m1/s1. The highest BCUT2D eigenvalue weighted by atomic mass is 33.1. The molecular formula is C23H31N2O7PS2. The third-order valence-corrected chi connectivity index (χ3v) is 10.4. The van der Waals surface area contributed by atoms with Gasteiger partial charge in [-0.2, -0.15) is 0 Å². The number of fused-ring (bicyclic) bond motifs is 1. The van der Waals surface area contributed by atoms with Gasteiger partial charge < -0.3 is 20.1 Å². The van der Waals surface area contributed by atoms with Crippen molar-refractivity contribution in [3.63, 3.8) is 0 Å². The number of carbonyl (C=O) groups excluding carboxylic acids is 1. The van der Waals surface area contributed by atoms with Gasteiger partial charge in [0, 0.05) is 21.9 Å². The van der Waals surface area contributed by atoms with Crippen LogP contribution in [-0.2, 0) is 34.1 Å². The van der Waals surface area contributed by atoms with E-state index in [1.165, 1.54) is 24.1 Å². The SMILES string of the molecule is C=C1NC(=O)C=CN1[C@@H]1O[C@@H]2COP(=O)(OCCc3ccccc3SSC(C)(C)C)O[C@H]2[C@@]1(C)O. The zero-order valence-electron chi connectivity index (χ0n) is 20.1. The Kier molecular flexibility index (Phi) is 7.81. The van der Waals surface area contributed by atoms with Gasteiger partial charge >= 0.3 is 7.82 Å². The van der Waals surface area contributed by atoms with Crippen LogP contribution in [0.15, 0.2) is 53.8 Å². The summed E-state index contributed by atoms with van der Waals surface area (Å²) in [6.45, 7) is 11.9. The first kappa shape index (κ1) is 26.8.